The smallest absolute Gasteiger partial charge is 0.131 e. The SMILES string of the molecule is C=CC1CCC(CCC2CCC(c3cc(F)c(COC)c(F)c3)CC2)CC1. The molecule has 0 amide bonds. The quantitative estimate of drug-likeness (QED) is 0.459. The van der Waals surface area contributed by atoms with Crippen LogP contribution in [-0.2, 0) is 11.3 Å². The van der Waals surface area contributed by atoms with Gasteiger partial charge in [-0.25, -0.2) is 8.78 Å². The summed E-state index contributed by atoms with van der Waals surface area (Å²) in [4.78, 5) is 0. The lowest BCUT2D eigenvalue weighted by Gasteiger charge is -2.31. The first-order valence-corrected chi connectivity index (χ1v) is 10.7. The fraction of sp³-hybridized carbons (Fsp3) is 0.667. The van der Waals surface area contributed by atoms with Crippen LogP contribution < -0.4 is 0 Å². The predicted molar refractivity (Wildman–Crippen MR) is 107 cm³/mol. The van der Waals surface area contributed by atoms with Crippen LogP contribution in [0.3, 0.4) is 0 Å². The number of methoxy groups -OCH3 is 1. The average molecular weight is 377 g/mol. The summed E-state index contributed by atoms with van der Waals surface area (Å²) in [6.07, 6.45) is 14.6. The van der Waals surface area contributed by atoms with Crippen molar-refractivity contribution in [2.24, 2.45) is 17.8 Å². The monoisotopic (exact) mass is 376 g/mol. The Hall–Kier alpha value is -1.22. The zero-order chi connectivity index (χ0) is 19.2. The molecule has 0 bridgehead atoms. The summed E-state index contributed by atoms with van der Waals surface area (Å²) >= 11 is 0. The van der Waals surface area contributed by atoms with Crippen LogP contribution in [0.4, 0.5) is 8.78 Å². The molecule has 0 spiro atoms. The summed E-state index contributed by atoms with van der Waals surface area (Å²) < 4.78 is 33.3. The molecule has 1 nitrogen and oxygen atoms in total. The normalized spacial score (nSPS) is 28.9. The summed E-state index contributed by atoms with van der Waals surface area (Å²) in [6.45, 7) is 3.92. The minimum atomic E-state index is -0.468. The van der Waals surface area contributed by atoms with Gasteiger partial charge < -0.3 is 4.74 Å². The number of benzene rings is 1. The summed E-state index contributed by atoms with van der Waals surface area (Å²) in [5.41, 5.74) is 0.868. The van der Waals surface area contributed by atoms with Crippen LogP contribution in [0.25, 0.3) is 0 Å². The van der Waals surface area contributed by atoms with Crippen molar-refractivity contribution in [2.75, 3.05) is 7.11 Å². The maximum absolute atomic E-state index is 14.2. The van der Waals surface area contributed by atoms with Crippen LogP contribution in [0.15, 0.2) is 24.8 Å². The van der Waals surface area contributed by atoms with E-state index >= 15 is 0 Å². The van der Waals surface area contributed by atoms with Crippen molar-refractivity contribution in [2.45, 2.75) is 76.7 Å². The number of allylic oxidation sites excluding steroid dienone is 1. The molecule has 3 rings (SSSR count). The number of ether oxygens (including phenoxy) is 1. The first-order chi connectivity index (χ1) is 13.1. The van der Waals surface area contributed by atoms with Crippen molar-refractivity contribution in [3.05, 3.63) is 47.5 Å². The van der Waals surface area contributed by atoms with Gasteiger partial charge in [0.05, 0.1) is 6.61 Å². The van der Waals surface area contributed by atoms with Gasteiger partial charge >= 0.3 is 0 Å². The number of rotatable bonds is 7. The summed E-state index contributed by atoms with van der Waals surface area (Å²) in [5, 5.41) is 0. The molecule has 27 heavy (non-hydrogen) atoms. The Morgan fingerprint density at radius 2 is 1.44 bits per heavy atom. The number of hydrogen-bond acceptors (Lipinski definition) is 1. The van der Waals surface area contributed by atoms with Gasteiger partial charge in [0.25, 0.3) is 0 Å². The third-order valence-corrected chi connectivity index (χ3v) is 6.98. The molecule has 0 saturated heterocycles. The molecule has 0 N–H and O–H groups in total. The van der Waals surface area contributed by atoms with Gasteiger partial charge in [-0.3, -0.25) is 0 Å². The fourth-order valence-corrected chi connectivity index (χ4v) is 5.11. The Kier molecular flexibility index (Phi) is 7.46. The van der Waals surface area contributed by atoms with Crippen molar-refractivity contribution in [1.29, 1.82) is 0 Å². The lowest BCUT2D eigenvalue weighted by molar-refractivity contribution is 0.177. The predicted octanol–water partition coefficient (Wildman–Crippen LogP) is 7.16. The van der Waals surface area contributed by atoms with E-state index in [1.165, 1.54) is 70.6 Å². The van der Waals surface area contributed by atoms with Gasteiger partial charge in [0.1, 0.15) is 11.6 Å². The van der Waals surface area contributed by atoms with Gasteiger partial charge in [0.15, 0.2) is 0 Å². The maximum Gasteiger partial charge on any atom is 0.131 e. The van der Waals surface area contributed by atoms with Gasteiger partial charge in [-0.2, -0.15) is 0 Å². The van der Waals surface area contributed by atoms with Crippen LogP contribution in [0.5, 0.6) is 0 Å². The van der Waals surface area contributed by atoms with E-state index in [1.54, 1.807) is 0 Å². The molecule has 1 aromatic rings. The molecular formula is C24H34F2O. The highest BCUT2D eigenvalue weighted by atomic mass is 19.1. The Balaban J connectivity index is 1.46. The van der Waals surface area contributed by atoms with E-state index < -0.39 is 11.6 Å². The second kappa shape index (κ2) is 9.82. The van der Waals surface area contributed by atoms with E-state index in [9.17, 15) is 8.78 Å². The third kappa shape index (κ3) is 5.40. The van der Waals surface area contributed by atoms with E-state index in [2.05, 4.69) is 12.7 Å². The van der Waals surface area contributed by atoms with Crippen LogP contribution in [-0.4, -0.2) is 7.11 Å². The van der Waals surface area contributed by atoms with Crippen LogP contribution in [0.2, 0.25) is 0 Å². The molecule has 0 atom stereocenters. The zero-order valence-corrected chi connectivity index (χ0v) is 16.7. The Bertz CT molecular complexity index is 588. The molecule has 0 aliphatic heterocycles. The minimum absolute atomic E-state index is 0.0145. The summed E-state index contributed by atoms with van der Waals surface area (Å²) in [6, 6.07) is 3.06. The van der Waals surface area contributed by atoms with Crippen molar-refractivity contribution >= 4 is 0 Å². The molecule has 1 aromatic carbocycles. The molecule has 2 fully saturated rings. The zero-order valence-electron chi connectivity index (χ0n) is 16.7. The van der Waals surface area contributed by atoms with E-state index in [4.69, 9.17) is 4.74 Å². The lowest BCUT2D eigenvalue weighted by atomic mass is 9.74. The maximum atomic E-state index is 14.2. The van der Waals surface area contributed by atoms with E-state index in [1.807, 2.05) is 0 Å². The van der Waals surface area contributed by atoms with E-state index in [0.29, 0.717) is 5.92 Å². The van der Waals surface area contributed by atoms with E-state index in [0.717, 1.165) is 36.2 Å². The highest BCUT2D eigenvalue weighted by Gasteiger charge is 2.26. The first kappa shape index (κ1) is 20.5. The molecule has 3 heteroatoms. The average Bonchev–Trinajstić information content (AvgIpc) is 2.70. The topological polar surface area (TPSA) is 9.23 Å². The molecule has 0 radical (unpaired) electrons. The molecule has 2 aliphatic rings. The third-order valence-electron chi connectivity index (χ3n) is 6.98. The molecule has 2 saturated carbocycles. The van der Waals surface area contributed by atoms with Crippen LogP contribution in [0.1, 0.15) is 81.3 Å². The standard InChI is InChI=1S/C24H34F2O/c1-3-17-4-6-18(7-5-17)8-9-19-10-12-20(13-11-19)21-14-23(25)22(16-27-2)24(26)15-21/h3,14-15,17-20H,1,4-13,16H2,2H3. The van der Waals surface area contributed by atoms with Crippen molar-refractivity contribution < 1.29 is 13.5 Å². The molecule has 0 unspecified atom stereocenters. The molecule has 0 heterocycles. The van der Waals surface area contributed by atoms with Crippen LogP contribution >= 0.6 is 0 Å². The largest absolute Gasteiger partial charge is 0.380 e. The second-order valence-electron chi connectivity index (χ2n) is 8.71. The minimum Gasteiger partial charge on any atom is -0.380 e. The highest BCUT2D eigenvalue weighted by Crippen LogP contribution is 2.40. The van der Waals surface area contributed by atoms with Crippen molar-refractivity contribution in [1.82, 2.24) is 0 Å². The summed E-state index contributed by atoms with van der Waals surface area (Å²) in [5.74, 6) is 1.79. The van der Waals surface area contributed by atoms with Gasteiger partial charge in [-0.15, -0.1) is 6.58 Å². The molecular weight excluding hydrogens is 342 g/mol. The Morgan fingerprint density at radius 3 is 1.93 bits per heavy atom. The Morgan fingerprint density at radius 1 is 0.926 bits per heavy atom. The lowest BCUT2D eigenvalue weighted by Crippen LogP contribution is -2.17. The van der Waals surface area contributed by atoms with Gasteiger partial charge in [0.2, 0.25) is 0 Å². The van der Waals surface area contributed by atoms with Crippen molar-refractivity contribution in [3.8, 4) is 0 Å². The highest BCUT2D eigenvalue weighted by molar-refractivity contribution is 5.28. The van der Waals surface area contributed by atoms with Gasteiger partial charge in [-0.1, -0.05) is 18.9 Å². The van der Waals surface area contributed by atoms with Gasteiger partial charge in [0, 0.05) is 12.7 Å². The molecule has 2 aliphatic carbocycles. The van der Waals surface area contributed by atoms with Crippen LogP contribution in [0, 0.1) is 29.4 Å². The first-order valence-electron chi connectivity index (χ1n) is 10.7. The number of hydrogen-bond donors (Lipinski definition) is 0. The second-order valence-corrected chi connectivity index (χ2v) is 8.71. The molecule has 0 aromatic heterocycles. The van der Waals surface area contributed by atoms with E-state index in [-0.39, 0.29) is 12.2 Å². The number of halogens is 2. The summed E-state index contributed by atoms with van der Waals surface area (Å²) in [7, 11) is 1.46. The fourth-order valence-electron chi connectivity index (χ4n) is 5.11. The molecule has 150 valence electrons. The Labute approximate surface area is 163 Å². The van der Waals surface area contributed by atoms with Crippen molar-refractivity contribution in [3.63, 3.8) is 0 Å². The van der Waals surface area contributed by atoms with Gasteiger partial charge in [-0.05, 0) is 92.7 Å².